The SMILES string of the molecule is CCOC(=O)[C@H](CO)NC(=O)[C@H](Cc1ccccc1)NC(=O)OCc1ccccc1. The summed E-state index contributed by atoms with van der Waals surface area (Å²) in [5, 5.41) is 14.4. The molecule has 2 aromatic carbocycles. The van der Waals surface area contributed by atoms with Gasteiger partial charge in [-0.15, -0.1) is 0 Å². The second kappa shape index (κ2) is 12.2. The molecule has 2 rings (SSSR count). The first kappa shape index (κ1) is 22.9. The van der Waals surface area contributed by atoms with Gasteiger partial charge in [-0.1, -0.05) is 60.7 Å². The summed E-state index contributed by atoms with van der Waals surface area (Å²) in [6, 6.07) is 16.0. The number of esters is 1. The average Bonchev–Trinajstić information content (AvgIpc) is 2.77. The number of carbonyl (C=O) groups is 3. The fraction of sp³-hybridized carbons (Fsp3) is 0.318. The highest BCUT2D eigenvalue weighted by Gasteiger charge is 2.27. The van der Waals surface area contributed by atoms with Crippen molar-refractivity contribution in [2.24, 2.45) is 0 Å². The third-order valence-corrected chi connectivity index (χ3v) is 4.17. The Morgan fingerprint density at radius 1 is 0.867 bits per heavy atom. The van der Waals surface area contributed by atoms with Crippen molar-refractivity contribution >= 4 is 18.0 Å². The highest BCUT2D eigenvalue weighted by Crippen LogP contribution is 2.06. The van der Waals surface area contributed by atoms with E-state index in [1.54, 1.807) is 6.92 Å². The van der Waals surface area contributed by atoms with E-state index in [1.807, 2.05) is 60.7 Å². The molecule has 8 heteroatoms. The van der Waals surface area contributed by atoms with Gasteiger partial charge in [0.25, 0.3) is 0 Å². The maximum Gasteiger partial charge on any atom is 0.408 e. The number of alkyl carbamates (subject to hydrolysis) is 1. The molecule has 3 N–H and O–H groups in total. The largest absolute Gasteiger partial charge is 0.464 e. The van der Waals surface area contributed by atoms with E-state index < -0.39 is 36.7 Å². The van der Waals surface area contributed by atoms with Gasteiger partial charge in [0.1, 0.15) is 12.6 Å². The number of hydrogen-bond acceptors (Lipinski definition) is 6. The Balaban J connectivity index is 2.04. The topological polar surface area (TPSA) is 114 Å². The van der Waals surface area contributed by atoms with Crippen LogP contribution >= 0.6 is 0 Å². The lowest BCUT2D eigenvalue weighted by atomic mass is 10.1. The summed E-state index contributed by atoms with van der Waals surface area (Å²) in [5.41, 5.74) is 1.61. The number of hydrogen-bond donors (Lipinski definition) is 3. The summed E-state index contributed by atoms with van der Waals surface area (Å²) < 4.78 is 10.0. The molecule has 0 aliphatic heterocycles. The lowest BCUT2D eigenvalue weighted by molar-refractivity contribution is -0.148. The lowest BCUT2D eigenvalue weighted by Crippen LogP contribution is -2.53. The molecule has 8 nitrogen and oxygen atoms in total. The predicted octanol–water partition coefficient (Wildman–Crippen LogP) is 1.56. The van der Waals surface area contributed by atoms with Crippen LogP contribution in [0.3, 0.4) is 0 Å². The molecule has 0 aromatic heterocycles. The summed E-state index contributed by atoms with van der Waals surface area (Å²) in [6.45, 7) is 1.16. The van der Waals surface area contributed by atoms with E-state index in [-0.39, 0.29) is 19.6 Å². The number of carbonyl (C=O) groups excluding carboxylic acids is 3. The average molecular weight is 414 g/mol. The molecule has 0 bridgehead atoms. The number of amides is 2. The first-order valence-electron chi connectivity index (χ1n) is 9.62. The van der Waals surface area contributed by atoms with Gasteiger partial charge in [0.05, 0.1) is 13.2 Å². The number of ether oxygens (including phenoxy) is 2. The Morgan fingerprint density at radius 2 is 1.47 bits per heavy atom. The van der Waals surface area contributed by atoms with Crippen molar-refractivity contribution in [2.45, 2.75) is 32.0 Å². The van der Waals surface area contributed by atoms with Crippen LogP contribution < -0.4 is 10.6 Å². The second-order valence-corrected chi connectivity index (χ2v) is 6.44. The zero-order valence-electron chi connectivity index (χ0n) is 16.7. The maximum absolute atomic E-state index is 12.7. The van der Waals surface area contributed by atoms with Crippen molar-refractivity contribution in [1.82, 2.24) is 10.6 Å². The van der Waals surface area contributed by atoms with Crippen molar-refractivity contribution in [3.8, 4) is 0 Å². The quantitative estimate of drug-likeness (QED) is 0.509. The van der Waals surface area contributed by atoms with Crippen LogP contribution in [-0.2, 0) is 32.1 Å². The van der Waals surface area contributed by atoms with Crippen LogP contribution in [0.15, 0.2) is 60.7 Å². The molecule has 0 saturated carbocycles. The molecule has 30 heavy (non-hydrogen) atoms. The van der Waals surface area contributed by atoms with E-state index in [9.17, 15) is 19.5 Å². The van der Waals surface area contributed by atoms with Crippen LogP contribution in [0.5, 0.6) is 0 Å². The first-order valence-corrected chi connectivity index (χ1v) is 9.62. The molecular weight excluding hydrogens is 388 g/mol. The molecular formula is C22H26N2O6. The van der Waals surface area contributed by atoms with Gasteiger partial charge in [-0.05, 0) is 18.1 Å². The maximum atomic E-state index is 12.7. The Labute approximate surface area is 175 Å². The van der Waals surface area contributed by atoms with Crippen molar-refractivity contribution < 1.29 is 29.0 Å². The molecule has 0 saturated heterocycles. The number of rotatable bonds is 10. The Kier molecular flexibility index (Phi) is 9.33. The molecule has 0 radical (unpaired) electrons. The third-order valence-electron chi connectivity index (χ3n) is 4.17. The smallest absolute Gasteiger partial charge is 0.408 e. The van der Waals surface area contributed by atoms with Crippen LogP contribution in [0.4, 0.5) is 4.79 Å². The van der Waals surface area contributed by atoms with Gasteiger partial charge in [0.15, 0.2) is 6.04 Å². The normalized spacial score (nSPS) is 12.3. The number of benzene rings is 2. The summed E-state index contributed by atoms with van der Waals surface area (Å²) >= 11 is 0. The van der Waals surface area contributed by atoms with Gasteiger partial charge in [-0.2, -0.15) is 0 Å². The molecule has 160 valence electrons. The van der Waals surface area contributed by atoms with Crippen molar-refractivity contribution in [3.05, 3.63) is 71.8 Å². The van der Waals surface area contributed by atoms with E-state index in [0.29, 0.717) is 0 Å². The zero-order chi connectivity index (χ0) is 21.8. The van der Waals surface area contributed by atoms with Crippen molar-refractivity contribution in [1.29, 1.82) is 0 Å². The Bertz CT molecular complexity index is 813. The number of nitrogens with one attached hydrogen (secondary N) is 2. The third kappa shape index (κ3) is 7.56. The van der Waals surface area contributed by atoms with Crippen LogP contribution in [-0.4, -0.2) is 48.4 Å². The molecule has 0 fully saturated rings. The summed E-state index contributed by atoms with van der Waals surface area (Å²) in [6.07, 6.45) is -0.597. The molecule has 2 atom stereocenters. The van der Waals surface area contributed by atoms with Crippen LogP contribution in [0, 0.1) is 0 Å². The minimum atomic E-state index is -1.22. The van der Waals surface area contributed by atoms with Crippen LogP contribution in [0.1, 0.15) is 18.1 Å². The van der Waals surface area contributed by atoms with Gasteiger partial charge in [0, 0.05) is 6.42 Å². The fourth-order valence-electron chi connectivity index (χ4n) is 2.66. The highest BCUT2D eigenvalue weighted by atomic mass is 16.5. The van der Waals surface area contributed by atoms with Gasteiger partial charge in [0.2, 0.25) is 5.91 Å². The van der Waals surface area contributed by atoms with Crippen LogP contribution in [0.2, 0.25) is 0 Å². The molecule has 0 unspecified atom stereocenters. The minimum Gasteiger partial charge on any atom is -0.464 e. The van der Waals surface area contributed by atoms with E-state index in [1.165, 1.54) is 0 Å². The molecule has 2 amide bonds. The predicted molar refractivity (Wildman–Crippen MR) is 109 cm³/mol. The molecule has 0 aliphatic carbocycles. The Morgan fingerprint density at radius 3 is 2.03 bits per heavy atom. The van der Waals surface area contributed by atoms with Crippen molar-refractivity contribution in [3.63, 3.8) is 0 Å². The van der Waals surface area contributed by atoms with Crippen LogP contribution in [0.25, 0.3) is 0 Å². The van der Waals surface area contributed by atoms with Gasteiger partial charge in [-0.25, -0.2) is 9.59 Å². The molecule has 0 heterocycles. The molecule has 2 aromatic rings. The minimum absolute atomic E-state index is 0.0500. The monoisotopic (exact) mass is 414 g/mol. The summed E-state index contributed by atoms with van der Waals surface area (Å²) in [7, 11) is 0. The standard InChI is InChI=1S/C22H26N2O6/c1-2-29-21(27)19(14-25)23-20(26)18(13-16-9-5-3-6-10-16)24-22(28)30-15-17-11-7-4-8-12-17/h3-12,18-19,25H,2,13-15H2,1H3,(H,23,26)(H,24,28)/t18-,19-/m0/s1. The van der Waals surface area contributed by atoms with E-state index in [4.69, 9.17) is 9.47 Å². The van der Waals surface area contributed by atoms with E-state index in [0.717, 1.165) is 11.1 Å². The van der Waals surface area contributed by atoms with Gasteiger partial charge < -0.3 is 25.2 Å². The van der Waals surface area contributed by atoms with E-state index >= 15 is 0 Å². The van der Waals surface area contributed by atoms with E-state index in [2.05, 4.69) is 10.6 Å². The fourth-order valence-corrected chi connectivity index (χ4v) is 2.66. The van der Waals surface area contributed by atoms with Crippen molar-refractivity contribution in [2.75, 3.05) is 13.2 Å². The second-order valence-electron chi connectivity index (χ2n) is 6.44. The summed E-state index contributed by atoms with van der Waals surface area (Å²) in [4.78, 5) is 36.9. The molecule has 0 spiro atoms. The zero-order valence-corrected chi connectivity index (χ0v) is 16.7. The Hall–Kier alpha value is -3.39. The van der Waals surface area contributed by atoms with Gasteiger partial charge in [-0.3, -0.25) is 4.79 Å². The molecule has 0 aliphatic rings. The number of aliphatic hydroxyl groups is 1. The first-order chi connectivity index (χ1) is 14.5. The highest BCUT2D eigenvalue weighted by molar-refractivity contribution is 5.90. The number of aliphatic hydroxyl groups excluding tert-OH is 1. The lowest BCUT2D eigenvalue weighted by Gasteiger charge is -2.21. The van der Waals surface area contributed by atoms with Gasteiger partial charge >= 0.3 is 12.1 Å². The summed E-state index contributed by atoms with van der Waals surface area (Å²) in [5.74, 6) is -1.39.